The quantitative estimate of drug-likeness (QED) is 0.298. The Morgan fingerprint density at radius 2 is 1.90 bits per heavy atom. The van der Waals surface area contributed by atoms with Gasteiger partial charge in [-0.15, -0.1) is 5.10 Å². The lowest BCUT2D eigenvalue weighted by molar-refractivity contribution is 0.0734. The Kier molecular flexibility index (Phi) is 6.00. The molecule has 0 fully saturated rings. The third kappa shape index (κ3) is 4.49. The lowest BCUT2D eigenvalue weighted by Gasteiger charge is -2.29. The molecule has 202 valence electrons. The van der Waals surface area contributed by atoms with Crippen LogP contribution in [-0.2, 0) is 13.0 Å². The number of pyridine rings is 1. The first-order chi connectivity index (χ1) is 20.1. The Labute approximate surface area is 234 Å². The van der Waals surface area contributed by atoms with Crippen molar-refractivity contribution in [2.75, 3.05) is 13.7 Å². The normalized spacial score (nSPS) is 12.9. The van der Waals surface area contributed by atoms with Crippen LogP contribution in [0.3, 0.4) is 0 Å². The standard InChI is InChI=1S/C31H24FN7O2/c1-41-24-9-5-20(6-10-24)31(40)38-14-12-19-4-8-23(15-22(19)17-38)39-18-28(35-37-39)29-26-16-21(7-11-27(26)34-36-29)25-3-2-13-33-30(25)32/h2-11,13,15-16,18H,12,14,17H2,1H3,(H,34,36). The van der Waals surface area contributed by atoms with E-state index in [-0.39, 0.29) is 5.91 Å². The molecule has 0 saturated carbocycles. The Hall–Kier alpha value is -5.38. The van der Waals surface area contributed by atoms with Crippen LogP contribution in [0.2, 0.25) is 0 Å². The van der Waals surface area contributed by atoms with Gasteiger partial charge in [-0.2, -0.15) is 9.49 Å². The first-order valence-corrected chi connectivity index (χ1v) is 13.1. The van der Waals surface area contributed by atoms with Crippen molar-refractivity contribution in [1.82, 2.24) is 35.1 Å². The van der Waals surface area contributed by atoms with E-state index in [0.717, 1.165) is 28.6 Å². The van der Waals surface area contributed by atoms with E-state index in [2.05, 4.69) is 31.6 Å². The number of carbonyl (C=O) groups excluding carboxylic acids is 1. The molecule has 7 rings (SSSR count). The van der Waals surface area contributed by atoms with Crippen LogP contribution in [0.1, 0.15) is 21.5 Å². The van der Waals surface area contributed by atoms with E-state index in [1.807, 2.05) is 41.4 Å². The second-order valence-electron chi connectivity index (χ2n) is 9.88. The number of rotatable bonds is 5. The zero-order valence-electron chi connectivity index (χ0n) is 22.1. The van der Waals surface area contributed by atoms with Gasteiger partial charge in [0.2, 0.25) is 5.95 Å². The fourth-order valence-corrected chi connectivity index (χ4v) is 5.25. The number of fused-ring (bicyclic) bond motifs is 2. The number of hydrogen-bond donors (Lipinski definition) is 1. The van der Waals surface area contributed by atoms with Gasteiger partial charge in [-0.05, 0) is 83.8 Å². The van der Waals surface area contributed by atoms with Crippen molar-refractivity contribution in [3.63, 3.8) is 0 Å². The molecule has 6 aromatic rings. The maximum absolute atomic E-state index is 14.3. The second-order valence-corrected chi connectivity index (χ2v) is 9.88. The second kappa shape index (κ2) is 9.98. The average Bonchev–Trinajstić information content (AvgIpc) is 3.68. The minimum Gasteiger partial charge on any atom is -0.497 e. The van der Waals surface area contributed by atoms with Crippen LogP contribution in [0.15, 0.2) is 85.2 Å². The number of aromatic amines is 1. The number of aromatic nitrogens is 6. The molecule has 1 amide bonds. The molecular weight excluding hydrogens is 521 g/mol. The molecule has 0 spiro atoms. The summed E-state index contributed by atoms with van der Waals surface area (Å²) in [4.78, 5) is 18.8. The summed E-state index contributed by atoms with van der Waals surface area (Å²) in [6, 6.07) is 22.3. The van der Waals surface area contributed by atoms with Crippen molar-refractivity contribution in [3.8, 4) is 34.0 Å². The summed E-state index contributed by atoms with van der Waals surface area (Å²) in [5, 5.41) is 17.0. The zero-order valence-corrected chi connectivity index (χ0v) is 22.1. The molecule has 0 bridgehead atoms. The van der Waals surface area contributed by atoms with Gasteiger partial charge in [0.25, 0.3) is 5.91 Å². The van der Waals surface area contributed by atoms with Crippen LogP contribution in [0.4, 0.5) is 4.39 Å². The number of hydrogen-bond acceptors (Lipinski definition) is 6. The van der Waals surface area contributed by atoms with E-state index in [9.17, 15) is 9.18 Å². The van der Waals surface area contributed by atoms with Crippen molar-refractivity contribution in [1.29, 1.82) is 0 Å². The topological polar surface area (TPSA) is 102 Å². The highest BCUT2D eigenvalue weighted by molar-refractivity contribution is 5.95. The summed E-state index contributed by atoms with van der Waals surface area (Å²) in [5.74, 6) is 0.176. The summed E-state index contributed by atoms with van der Waals surface area (Å²) in [6.45, 7) is 1.16. The van der Waals surface area contributed by atoms with Gasteiger partial charge in [0.15, 0.2) is 0 Å². The van der Waals surface area contributed by atoms with Gasteiger partial charge < -0.3 is 9.64 Å². The highest BCUT2D eigenvalue weighted by Crippen LogP contribution is 2.31. The number of nitrogens with one attached hydrogen (secondary N) is 1. The molecule has 10 heteroatoms. The Morgan fingerprint density at radius 1 is 1.02 bits per heavy atom. The molecule has 0 atom stereocenters. The summed E-state index contributed by atoms with van der Waals surface area (Å²) in [6.07, 6.45) is 4.02. The van der Waals surface area contributed by atoms with Gasteiger partial charge >= 0.3 is 0 Å². The molecule has 0 aliphatic carbocycles. The number of H-pyrrole nitrogens is 1. The van der Waals surface area contributed by atoms with Gasteiger partial charge in [-0.1, -0.05) is 17.3 Å². The Morgan fingerprint density at radius 3 is 2.73 bits per heavy atom. The van der Waals surface area contributed by atoms with Gasteiger partial charge in [0.1, 0.15) is 17.1 Å². The molecule has 4 heterocycles. The largest absolute Gasteiger partial charge is 0.497 e. The molecule has 9 nitrogen and oxygen atoms in total. The van der Waals surface area contributed by atoms with Crippen molar-refractivity contribution in [3.05, 3.63) is 108 Å². The van der Waals surface area contributed by atoms with Crippen molar-refractivity contribution in [2.45, 2.75) is 13.0 Å². The smallest absolute Gasteiger partial charge is 0.254 e. The van der Waals surface area contributed by atoms with Gasteiger partial charge in [0.05, 0.1) is 24.5 Å². The van der Waals surface area contributed by atoms with Crippen molar-refractivity contribution in [2.24, 2.45) is 0 Å². The van der Waals surface area contributed by atoms with Crippen LogP contribution < -0.4 is 4.74 Å². The third-order valence-electron chi connectivity index (χ3n) is 7.46. The molecule has 0 unspecified atom stereocenters. The van der Waals surface area contributed by atoms with Gasteiger partial charge in [-0.3, -0.25) is 9.89 Å². The van der Waals surface area contributed by atoms with E-state index >= 15 is 0 Å². The Balaban J connectivity index is 1.16. The lowest BCUT2D eigenvalue weighted by atomic mass is 9.98. The number of nitrogens with zero attached hydrogens (tertiary/aromatic N) is 6. The maximum atomic E-state index is 14.3. The summed E-state index contributed by atoms with van der Waals surface area (Å²) in [7, 11) is 1.60. The highest BCUT2D eigenvalue weighted by Gasteiger charge is 2.23. The number of carbonyl (C=O) groups is 1. The average molecular weight is 546 g/mol. The summed E-state index contributed by atoms with van der Waals surface area (Å²) >= 11 is 0. The fourth-order valence-electron chi connectivity index (χ4n) is 5.25. The molecule has 3 aromatic heterocycles. The summed E-state index contributed by atoms with van der Waals surface area (Å²) in [5.41, 5.74) is 6.85. The molecule has 0 radical (unpaired) electrons. The molecule has 3 aromatic carbocycles. The monoisotopic (exact) mass is 545 g/mol. The van der Waals surface area contributed by atoms with Gasteiger partial charge in [-0.25, -0.2) is 9.67 Å². The predicted molar refractivity (Wildman–Crippen MR) is 151 cm³/mol. The fraction of sp³-hybridized carbons (Fsp3) is 0.129. The lowest BCUT2D eigenvalue weighted by Crippen LogP contribution is -2.36. The van der Waals surface area contributed by atoms with Crippen LogP contribution in [0.5, 0.6) is 5.75 Å². The van der Waals surface area contributed by atoms with Gasteiger partial charge in [0, 0.05) is 35.8 Å². The summed E-state index contributed by atoms with van der Waals surface area (Å²) < 4.78 is 21.2. The van der Waals surface area contributed by atoms with E-state index in [1.54, 1.807) is 48.2 Å². The van der Waals surface area contributed by atoms with Crippen LogP contribution >= 0.6 is 0 Å². The van der Waals surface area contributed by atoms with E-state index in [4.69, 9.17) is 4.74 Å². The maximum Gasteiger partial charge on any atom is 0.254 e. The first-order valence-electron chi connectivity index (χ1n) is 13.1. The zero-order chi connectivity index (χ0) is 27.9. The van der Waals surface area contributed by atoms with E-state index in [1.165, 1.54) is 11.8 Å². The molecule has 0 saturated heterocycles. The molecule has 1 aliphatic rings. The minimum atomic E-state index is -0.528. The van der Waals surface area contributed by atoms with Crippen LogP contribution in [0.25, 0.3) is 39.1 Å². The third-order valence-corrected chi connectivity index (χ3v) is 7.46. The number of amides is 1. The first kappa shape index (κ1) is 24.6. The number of benzene rings is 3. The Bertz CT molecular complexity index is 1910. The van der Waals surface area contributed by atoms with E-state index < -0.39 is 5.95 Å². The van der Waals surface area contributed by atoms with Crippen LogP contribution in [0, 0.1) is 5.95 Å². The number of methoxy groups -OCH3 is 1. The molecular formula is C31H24FN7O2. The van der Waals surface area contributed by atoms with Crippen LogP contribution in [-0.4, -0.2) is 54.6 Å². The minimum absolute atomic E-state index is 0.0114. The van der Waals surface area contributed by atoms with Crippen molar-refractivity contribution >= 4 is 16.8 Å². The van der Waals surface area contributed by atoms with Crippen molar-refractivity contribution < 1.29 is 13.9 Å². The highest BCUT2D eigenvalue weighted by atomic mass is 19.1. The SMILES string of the molecule is COc1ccc(C(=O)N2CCc3ccc(-n4cc(-c5n[nH]c6ccc(-c7cccnc7F)cc56)nn4)cc3C2)cc1. The number of halogens is 1. The predicted octanol–water partition coefficient (Wildman–Crippen LogP) is 5.22. The molecule has 41 heavy (non-hydrogen) atoms. The molecule has 1 N–H and O–H groups in total. The van der Waals surface area contributed by atoms with E-state index in [0.29, 0.717) is 46.9 Å². The number of ether oxygens (including phenoxy) is 1. The molecule has 1 aliphatic heterocycles.